The summed E-state index contributed by atoms with van der Waals surface area (Å²) in [5, 5.41) is 15.9. The molecule has 0 aromatic carbocycles. The van der Waals surface area contributed by atoms with Gasteiger partial charge in [-0.3, -0.25) is 4.79 Å². The summed E-state index contributed by atoms with van der Waals surface area (Å²) in [7, 11) is 0. The summed E-state index contributed by atoms with van der Waals surface area (Å²) in [6.07, 6.45) is 1.09. The highest BCUT2D eigenvalue weighted by Gasteiger charge is 2.21. The van der Waals surface area contributed by atoms with Crippen molar-refractivity contribution >= 4 is 34.6 Å². The van der Waals surface area contributed by atoms with Crippen molar-refractivity contribution in [2.24, 2.45) is 0 Å². The van der Waals surface area contributed by atoms with E-state index in [-0.39, 0.29) is 5.69 Å². The van der Waals surface area contributed by atoms with E-state index in [2.05, 4.69) is 10.3 Å². The van der Waals surface area contributed by atoms with E-state index < -0.39 is 17.9 Å². The minimum atomic E-state index is -1.02. The number of nitrogens with one attached hydrogen (secondary N) is 1. The normalized spacial score (nSPS) is 12.1. The average Bonchev–Trinajstić information content (AvgIpc) is 3.08. The molecule has 0 aliphatic rings. The fourth-order valence-electron chi connectivity index (χ4n) is 1.67. The molecule has 0 aliphatic carbocycles. The van der Waals surface area contributed by atoms with Crippen LogP contribution in [0.2, 0.25) is 0 Å². The number of carbonyl (C=O) groups is 2. The minimum Gasteiger partial charge on any atom is -0.480 e. The third kappa shape index (κ3) is 3.43. The summed E-state index contributed by atoms with van der Waals surface area (Å²) >= 11 is 2.93. The number of thiophene rings is 1. The van der Waals surface area contributed by atoms with Crippen molar-refractivity contribution in [1.82, 2.24) is 10.3 Å². The number of nitrogens with zero attached hydrogens (tertiary/aromatic N) is 1. The summed E-state index contributed by atoms with van der Waals surface area (Å²) in [5.41, 5.74) is 0.265. The lowest BCUT2D eigenvalue weighted by atomic mass is 10.1. The van der Waals surface area contributed by atoms with Crippen LogP contribution in [0.25, 0.3) is 9.88 Å². The Morgan fingerprint density at radius 2 is 2.25 bits per heavy atom. The molecule has 0 fully saturated rings. The van der Waals surface area contributed by atoms with E-state index in [1.807, 2.05) is 24.4 Å². The van der Waals surface area contributed by atoms with Gasteiger partial charge < -0.3 is 10.4 Å². The monoisotopic (exact) mass is 310 g/mol. The number of aliphatic carboxylic acids is 1. The van der Waals surface area contributed by atoms with Crippen molar-refractivity contribution in [3.05, 3.63) is 28.6 Å². The van der Waals surface area contributed by atoms with Gasteiger partial charge >= 0.3 is 5.97 Å². The van der Waals surface area contributed by atoms with Gasteiger partial charge in [-0.1, -0.05) is 19.4 Å². The van der Waals surface area contributed by atoms with Crippen molar-refractivity contribution in [2.45, 2.75) is 25.8 Å². The van der Waals surface area contributed by atoms with E-state index in [0.29, 0.717) is 12.8 Å². The summed E-state index contributed by atoms with van der Waals surface area (Å²) in [5.74, 6) is -1.46. The van der Waals surface area contributed by atoms with Gasteiger partial charge in [0.2, 0.25) is 0 Å². The quantitative estimate of drug-likeness (QED) is 0.860. The lowest BCUT2D eigenvalue weighted by Gasteiger charge is -2.12. The molecule has 2 aromatic heterocycles. The molecule has 106 valence electrons. The summed E-state index contributed by atoms with van der Waals surface area (Å²) in [4.78, 5) is 28.3. The number of aromatic nitrogens is 1. The summed E-state index contributed by atoms with van der Waals surface area (Å²) < 4.78 is 0. The van der Waals surface area contributed by atoms with Crippen LogP contribution >= 0.6 is 22.7 Å². The van der Waals surface area contributed by atoms with E-state index in [4.69, 9.17) is 5.11 Å². The largest absolute Gasteiger partial charge is 0.480 e. The van der Waals surface area contributed by atoms with Gasteiger partial charge in [0.25, 0.3) is 5.91 Å². The third-order valence-corrected chi connectivity index (χ3v) is 4.53. The zero-order valence-corrected chi connectivity index (χ0v) is 12.5. The second-order valence-electron chi connectivity index (χ2n) is 4.17. The first-order valence-electron chi connectivity index (χ1n) is 6.15. The second kappa shape index (κ2) is 6.62. The van der Waals surface area contributed by atoms with Crippen molar-refractivity contribution < 1.29 is 14.7 Å². The van der Waals surface area contributed by atoms with Gasteiger partial charge in [-0.25, -0.2) is 9.78 Å². The highest BCUT2D eigenvalue weighted by atomic mass is 32.1. The van der Waals surface area contributed by atoms with E-state index in [9.17, 15) is 9.59 Å². The topological polar surface area (TPSA) is 79.3 Å². The zero-order chi connectivity index (χ0) is 14.5. The highest BCUT2D eigenvalue weighted by Crippen LogP contribution is 2.27. The molecule has 0 radical (unpaired) electrons. The Labute approximate surface area is 124 Å². The zero-order valence-electron chi connectivity index (χ0n) is 10.8. The Hall–Kier alpha value is -1.73. The van der Waals surface area contributed by atoms with Gasteiger partial charge in [-0.15, -0.1) is 22.7 Å². The van der Waals surface area contributed by atoms with Crippen LogP contribution < -0.4 is 5.32 Å². The van der Waals surface area contributed by atoms with Gasteiger partial charge in [0.15, 0.2) is 0 Å². The Balaban J connectivity index is 2.08. The van der Waals surface area contributed by atoms with Crippen LogP contribution in [-0.4, -0.2) is 28.0 Å². The standard InChI is InChI=1S/C13H14N2O3S2/c1-2-4-8(13(17)18)14-11(16)9-7-20-12(15-9)10-5-3-6-19-10/h3,5-8H,2,4H2,1H3,(H,14,16)(H,17,18)/t8-/m0/s1. The maximum atomic E-state index is 12.0. The van der Waals surface area contributed by atoms with Crippen LogP contribution in [0.3, 0.4) is 0 Å². The molecule has 2 heterocycles. The van der Waals surface area contributed by atoms with Gasteiger partial charge in [0, 0.05) is 5.38 Å². The van der Waals surface area contributed by atoms with Crippen LogP contribution in [0, 0.1) is 0 Å². The number of thiazole rings is 1. The van der Waals surface area contributed by atoms with Crippen LogP contribution in [0.1, 0.15) is 30.3 Å². The molecular weight excluding hydrogens is 296 g/mol. The van der Waals surface area contributed by atoms with Crippen molar-refractivity contribution in [2.75, 3.05) is 0 Å². The lowest BCUT2D eigenvalue weighted by molar-refractivity contribution is -0.139. The molecule has 1 atom stereocenters. The second-order valence-corrected chi connectivity index (χ2v) is 5.97. The maximum Gasteiger partial charge on any atom is 0.326 e. The maximum absolute atomic E-state index is 12.0. The first-order valence-corrected chi connectivity index (χ1v) is 7.90. The Morgan fingerprint density at radius 1 is 1.45 bits per heavy atom. The Morgan fingerprint density at radius 3 is 2.85 bits per heavy atom. The van der Waals surface area contributed by atoms with Crippen molar-refractivity contribution in [1.29, 1.82) is 0 Å². The fourth-order valence-corrected chi connectivity index (χ4v) is 3.28. The highest BCUT2D eigenvalue weighted by molar-refractivity contribution is 7.20. The molecule has 5 nitrogen and oxygen atoms in total. The molecule has 0 bridgehead atoms. The number of carboxylic acid groups (broad SMARTS) is 1. The van der Waals surface area contributed by atoms with Crippen molar-refractivity contribution in [3.63, 3.8) is 0 Å². The van der Waals surface area contributed by atoms with Crippen molar-refractivity contribution in [3.8, 4) is 9.88 Å². The van der Waals surface area contributed by atoms with E-state index in [1.165, 1.54) is 11.3 Å². The molecule has 1 amide bonds. The van der Waals surface area contributed by atoms with E-state index in [0.717, 1.165) is 9.88 Å². The number of carboxylic acids is 1. The van der Waals surface area contributed by atoms with Gasteiger partial charge in [0.1, 0.15) is 16.7 Å². The molecule has 2 N–H and O–H groups in total. The van der Waals surface area contributed by atoms with E-state index in [1.54, 1.807) is 16.7 Å². The number of rotatable bonds is 6. The lowest BCUT2D eigenvalue weighted by Crippen LogP contribution is -2.40. The first kappa shape index (κ1) is 14.7. The third-order valence-electron chi connectivity index (χ3n) is 2.65. The molecule has 20 heavy (non-hydrogen) atoms. The summed E-state index contributed by atoms with van der Waals surface area (Å²) in [6.45, 7) is 1.87. The minimum absolute atomic E-state index is 0.265. The molecule has 2 rings (SSSR count). The van der Waals surface area contributed by atoms with E-state index >= 15 is 0 Å². The molecule has 0 aliphatic heterocycles. The smallest absolute Gasteiger partial charge is 0.326 e. The Kier molecular flexibility index (Phi) is 4.86. The molecule has 0 saturated heterocycles. The van der Waals surface area contributed by atoms with Crippen LogP contribution in [0.5, 0.6) is 0 Å². The SMILES string of the molecule is CCC[C@H](NC(=O)c1csc(-c2cccs2)n1)C(=O)O. The fraction of sp³-hybridized carbons (Fsp3) is 0.308. The van der Waals surface area contributed by atoms with Crippen LogP contribution in [0.4, 0.5) is 0 Å². The van der Waals surface area contributed by atoms with Gasteiger partial charge in [0.05, 0.1) is 4.88 Å². The number of carbonyl (C=O) groups excluding carboxylic acids is 1. The van der Waals surface area contributed by atoms with Gasteiger partial charge in [-0.05, 0) is 17.9 Å². The average molecular weight is 310 g/mol. The number of hydrogen-bond acceptors (Lipinski definition) is 5. The van der Waals surface area contributed by atoms with Gasteiger partial charge in [-0.2, -0.15) is 0 Å². The number of hydrogen-bond donors (Lipinski definition) is 2. The molecule has 0 spiro atoms. The first-order chi connectivity index (χ1) is 9.61. The molecule has 0 unspecified atom stereocenters. The predicted octanol–water partition coefficient (Wildman–Crippen LogP) is 2.85. The Bertz CT molecular complexity index is 593. The summed E-state index contributed by atoms with van der Waals surface area (Å²) in [6, 6.07) is 2.99. The molecular formula is C13H14N2O3S2. The molecule has 2 aromatic rings. The van der Waals surface area contributed by atoms with Crippen LogP contribution in [-0.2, 0) is 4.79 Å². The van der Waals surface area contributed by atoms with Crippen LogP contribution in [0.15, 0.2) is 22.9 Å². The predicted molar refractivity (Wildman–Crippen MR) is 79.2 cm³/mol. The molecule has 0 saturated carbocycles. The molecule has 7 heteroatoms. The number of amides is 1.